The van der Waals surface area contributed by atoms with Gasteiger partial charge in [0.25, 0.3) is 0 Å². The summed E-state index contributed by atoms with van der Waals surface area (Å²) in [4.78, 5) is 2.25. The van der Waals surface area contributed by atoms with Crippen molar-refractivity contribution >= 4 is 5.69 Å². The third-order valence-corrected chi connectivity index (χ3v) is 4.24. The number of hydrogen-bond donors (Lipinski definition) is 2. The first-order valence-electron chi connectivity index (χ1n) is 8.10. The Morgan fingerprint density at radius 3 is 2.25 bits per heavy atom. The molecule has 3 nitrogen and oxygen atoms in total. The van der Waals surface area contributed by atoms with Gasteiger partial charge < -0.3 is 15.1 Å². The Bertz CT molecular complexity index is 723. The zero-order chi connectivity index (χ0) is 16.9. The van der Waals surface area contributed by atoms with E-state index in [-0.39, 0.29) is 11.9 Å². The van der Waals surface area contributed by atoms with Crippen molar-refractivity contribution in [3.63, 3.8) is 0 Å². The van der Waals surface area contributed by atoms with Gasteiger partial charge in [0.1, 0.15) is 11.9 Å². The number of rotatable bonds is 2. The first-order chi connectivity index (χ1) is 11.6. The van der Waals surface area contributed by atoms with E-state index in [1.54, 1.807) is 0 Å². The van der Waals surface area contributed by atoms with Gasteiger partial charge in [0.05, 0.1) is 6.10 Å². The largest absolute Gasteiger partial charge is 0.393 e. The molecule has 0 aliphatic carbocycles. The zero-order valence-corrected chi connectivity index (χ0v) is 13.3. The highest BCUT2D eigenvalue weighted by Gasteiger charge is 2.16. The first-order valence-corrected chi connectivity index (χ1v) is 8.10. The number of aliphatic hydroxyl groups is 2. The number of nitrogens with zero attached hydrogens (tertiary/aromatic N) is 1. The van der Waals surface area contributed by atoms with Crippen molar-refractivity contribution in [2.45, 2.75) is 25.0 Å². The summed E-state index contributed by atoms with van der Waals surface area (Å²) in [6.07, 6.45) is 0.477. The molecule has 1 unspecified atom stereocenters. The lowest BCUT2D eigenvalue weighted by Gasteiger charge is -2.31. The minimum atomic E-state index is -0.936. The van der Waals surface area contributed by atoms with Gasteiger partial charge >= 0.3 is 0 Å². The summed E-state index contributed by atoms with van der Waals surface area (Å²) in [7, 11) is 0. The molecule has 0 saturated carbocycles. The Kier molecular flexibility index (Phi) is 5.14. The maximum atomic E-state index is 12.9. The van der Waals surface area contributed by atoms with E-state index < -0.39 is 6.10 Å². The summed E-state index contributed by atoms with van der Waals surface area (Å²) in [5.41, 5.74) is 2.51. The molecule has 2 N–H and O–H groups in total. The second-order valence-electron chi connectivity index (χ2n) is 5.99. The maximum absolute atomic E-state index is 12.9. The molecule has 0 aromatic heterocycles. The Balaban J connectivity index is 1.65. The van der Waals surface area contributed by atoms with Gasteiger partial charge in [-0.15, -0.1) is 0 Å². The predicted octanol–water partition coefficient (Wildman–Crippen LogP) is 2.87. The van der Waals surface area contributed by atoms with Crippen LogP contribution in [-0.4, -0.2) is 29.4 Å². The van der Waals surface area contributed by atoms with Gasteiger partial charge in [-0.2, -0.15) is 0 Å². The van der Waals surface area contributed by atoms with Gasteiger partial charge in [-0.3, -0.25) is 0 Å². The van der Waals surface area contributed by atoms with E-state index in [0.717, 1.165) is 37.2 Å². The average Bonchev–Trinajstić information content (AvgIpc) is 2.61. The SMILES string of the molecule is OC1CCN(c2ccc(C#CC(O)c3ccc(F)cc3)cc2)CC1. The van der Waals surface area contributed by atoms with E-state index in [1.807, 2.05) is 24.3 Å². The summed E-state index contributed by atoms with van der Waals surface area (Å²) in [5, 5.41) is 19.6. The van der Waals surface area contributed by atoms with Crippen LogP contribution < -0.4 is 4.90 Å². The minimum Gasteiger partial charge on any atom is -0.393 e. The third kappa shape index (κ3) is 4.14. The summed E-state index contributed by atoms with van der Waals surface area (Å²) in [6.45, 7) is 1.71. The lowest BCUT2D eigenvalue weighted by Crippen LogP contribution is -2.35. The molecule has 1 saturated heterocycles. The first kappa shape index (κ1) is 16.5. The maximum Gasteiger partial charge on any atom is 0.140 e. The molecule has 1 aliphatic rings. The number of benzene rings is 2. The van der Waals surface area contributed by atoms with Crippen LogP contribution in [0.1, 0.15) is 30.1 Å². The van der Waals surface area contributed by atoms with Crippen molar-refractivity contribution in [3.8, 4) is 11.8 Å². The fourth-order valence-electron chi connectivity index (χ4n) is 2.76. The van der Waals surface area contributed by atoms with E-state index in [1.165, 1.54) is 24.3 Å². The third-order valence-electron chi connectivity index (χ3n) is 4.24. The number of aliphatic hydroxyl groups excluding tert-OH is 2. The smallest absolute Gasteiger partial charge is 0.140 e. The molecule has 1 aliphatic heterocycles. The molecule has 24 heavy (non-hydrogen) atoms. The Hall–Kier alpha value is -2.35. The quantitative estimate of drug-likeness (QED) is 0.835. The van der Waals surface area contributed by atoms with Crippen LogP contribution in [0.4, 0.5) is 10.1 Å². The topological polar surface area (TPSA) is 43.7 Å². The van der Waals surface area contributed by atoms with Gasteiger partial charge in [-0.05, 0) is 54.8 Å². The number of piperidine rings is 1. The molecular weight excluding hydrogens is 305 g/mol. The van der Waals surface area contributed by atoms with Gasteiger partial charge in [0, 0.05) is 24.3 Å². The molecule has 124 valence electrons. The number of hydrogen-bond acceptors (Lipinski definition) is 3. The van der Waals surface area contributed by atoms with E-state index in [9.17, 15) is 14.6 Å². The lowest BCUT2D eigenvalue weighted by molar-refractivity contribution is 0.145. The van der Waals surface area contributed by atoms with Crippen molar-refractivity contribution in [1.82, 2.24) is 0 Å². The Labute approximate surface area is 141 Å². The minimum absolute atomic E-state index is 0.181. The molecule has 2 aromatic rings. The average molecular weight is 325 g/mol. The van der Waals surface area contributed by atoms with Gasteiger partial charge in [-0.1, -0.05) is 24.0 Å². The molecule has 1 heterocycles. The molecule has 3 rings (SSSR count). The van der Waals surface area contributed by atoms with Gasteiger partial charge in [0.15, 0.2) is 0 Å². The summed E-state index contributed by atoms with van der Waals surface area (Å²) in [6, 6.07) is 13.5. The van der Waals surface area contributed by atoms with Crippen LogP contribution in [0.2, 0.25) is 0 Å². The fourth-order valence-corrected chi connectivity index (χ4v) is 2.76. The van der Waals surface area contributed by atoms with Crippen LogP contribution in [0, 0.1) is 17.7 Å². The van der Waals surface area contributed by atoms with Crippen molar-refractivity contribution in [3.05, 3.63) is 65.5 Å². The molecule has 0 radical (unpaired) electrons. The van der Waals surface area contributed by atoms with Crippen LogP contribution in [0.5, 0.6) is 0 Å². The van der Waals surface area contributed by atoms with Crippen LogP contribution in [0.3, 0.4) is 0 Å². The lowest BCUT2D eigenvalue weighted by atomic mass is 10.1. The molecule has 2 aromatic carbocycles. The van der Waals surface area contributed by atoms with Crippen molar-refractivity contribution < 1.29 is 14.6 Å². The van der Waals surface area contributed by atoms with Gasteiger partial charge in [-0.25, -0.2) is 4.39 Å². The van der Waals surface area contributed by atoms with E-state index >= 15 is 0 Å². The van der Waals surface area contributed by atoms with Crippen LogP contribution >= 0.6 is 0 Å². The molecule has 0 amide bonds. The summed E-state index contributed by atoms with van der Waals surface area (Å²) >= 11 is 0. The van der Waals surface area contributed by atoms with Crippen molar-refractivity contribution in [2.75, 3.05) is 18.0 Å². The van der Waals surface area contributed by atoms with Gasteiger partial charge in [0.2, 0.25) is 0 Å². The summed E-state index contributed by atoms with van der Waals surface area (Å²) < 4.78 is 12.9. The monoisotopic (exact) mass is 325 g/mol. The van der Waals surface area contributed by atoms with Crippen LogP contribution in [0.25, 0.3) is 0 Å². The van der Waals surface area contributed by atoms with Crippen LogP contribution in [0.15, 0.2) is 48.5 Å². The Morgan fingerprint density at radius 2 is 1.62 bits per heavy atom. The van der Waals surface area contributed by atoms with E-state index in [0.29, 0.717) is 5.56 Å². The highest BCUT2D eigenvalue weighted by molar-refractivity contribution is 5.51. The molecule has 0 bridgehead atoms. The molecule has 1 fully saturated rings. The van der Waals surface area contributed by atoms with Crippen LogP contribution in [-0.2, 0) is 0 Å². The molecule has 1 atom stereocenters. The molecular formula is C20H20FNO2. The van der Waals surface area contributed by atoms with E-state index in [2.05, 4.69) is 16.7 Å². The normalized spacial score (nSPS) is 16.4. The highest BCUT2D eigenvalue weighted by atomic mass is 19.1. The fraction of sp³-hybridized carbons (Fsp3) is 0.300. The van der Waals surface area contributed by atoms with Crippen molar-refractivity contribution in [1.29, 1.82) is 0 Å². The number of anilines is 1. The summed E-state index contributed by atoms with van der Waals surface area (Å²) in [5.74, 6) is 5.38. The molecule has 0 spiro atoms. The number of halogens is 1. The van der Waals surface area contributed by atoms with Crippen molar-refractivity contribution in [2.24, 2.45) is 0 Å². The van der Waals surface area contributed by atoms with E-state index in [4.69, 9.17) is 0 Å². The molecule has 4 heteroatoms. The Morgan fingerprint density at radius 1 is 1.00 bits per heavy atom. The second kappa shape index (κ2) is 7.48. The highest BCUT2D eigenvalue weighted by Crippen LogP contribution is 2.20. The zero-order valence-electron chi connectivity index (χ0n) is 13.3. The predicted molar refractivity (Wildman–Crippen MR) is 92.1 cm³/mol. The standard InChI is InChI=1S/C20H20FNO2/c21-17-6-4-16(5-7-17)20(24)10-3-15-1-8-18(9-2-15)22-13-11-19(23)12-14-22/h1-2,4-9,19-20,23-24H,11-14H2. The second-order valence-corrected chi connectivity index (χ2v) is 5.99.